The predicted octanol–water partition coefficient (Wildman–Crippen LogP) is 0.871. The molecule has 1 N–H and O–H groups in total. The summed E-state index contributed by atoms with van der Waals surface area (Å²) in [6, 6.07) is 0. The van der Waals surface area contributed by atoms with E-state index in [0.29, 0.717) is 0 Å². The third-order valence-electron chi connectivity index (χ3n) is 1.36. The molecule has 0 aliphatic rings. The molecule has 0 bridgehead atoms. The standard InChI is InChI=1S/C6H12FNO/c1-4-6(2,7)5(9)8-3/h4H2,1-3H3,(H,8,9). The fraction of sp³-hybridized carbons (Fsp3) is 0.833. The molecule has 0 aromatic rings. The molecule has 1 unspecified atom stereocenters. The number of carbonyl (C=O) groups is 1. The third kappa shape index (κ3) is 2.00. The summed E-state index contributed by atoms with van der Waals surface area (Å²) in [6.07, 6.45) is 0.215. The highest BCUT2D eigenvalue weighted by atomic mass is 19.1. The average Bonchev–Trinajstić information content (AvgIpc) is 1.86. The molecule has 9 heavy (non-hydrogen) atoms. The Morgan fingerprint density at radius 2 is 2.22 bits per heavy atom. The van der Waals surface area contributed by atoms with Gasteiger partial charge in [-0.25, -0.2) is 4.39 Å². The van der Waals surface area contributed by atoms with E-state index in [-0.39, 0.29) is 6.42 Å². The van der Waals surface area contributed by atoms with E-state index < -0.39 is 11.6 Å². The summed E-state index contributed by atoms with van der Waals surface area (Å²) in [5.41, 5.74) is -1.70. The maximum atomic E-state index is 12.8. The predicted molar refractivity (Wildman–Crippen MR) is 33.9 cm³/mol. The van der Waals surface area contributed by atoms with E-state index in [0.717, 1.165) is 0 Å². The lowest BCUT2D eigenvalue weighted by Gasteiger charge is -2.14. The van der Waals surface area contributed by atoms with Crippen LogP contribution in [0.3, 0.4) is 0 Å². The van der Waals surface area contributed by atoms with Crippen molar-refractivity contribution < 1.29 is 9.18 Å². The number of hydrogen-bond acceptors (Lipinski definition) is 1. The van der Waals surface area contributed by atoms with Gasteiger partial charge in [0.2, 0.25) is 0 Å². The topological polar surface area (TPSA) is 29.1 Å². The van der Waals surface area contributed by atoms with Crippen LogP contribution < -0.4 is 5.32 Å². The Balaban J connectivity index is 3.97. The highest BCUT2D eigenvalue weighted by Crippen LogP contribution is 2.13. The Bertz CT molecular complexity index is 112. The lowest BCUT2D eigenvalue weighted by molar-refractivity contribution is -0.131. The van der Waals surface area contributed by atoms with E-state index in [1.54, 1.807) is 6.92 Å². The van der Waals surface area contributed by atoms with Gasteiger partial charge in [0.1, 0.15) is 0 Å². The monoisotopic (exact) mass is 133 g/mol. The molecule has 0 radical (unpaired) electrons. The van der Waals surface area contributed by atoms with E-state index in [2.05, 4.69) is 5.32 Å². The fourth-order valence-electron chi connectivity index (χ4n) is 0.421. The SMILES string of the molecule is CCC(C)(F)C(=O)NC. The minimum absolute atomic E-state index is 0.215. The number of nitrogens with one attached hydrogen (secondary N) is 1. The van der Waals surface area contributed by atoms with Crippen LogP contribution in [0.5, 0.6) is 0 Å². The molecule has 0 aromatic heterocycles. The van der Waals surface area contributed by atoms with Crippen LogP contribution in [0, 0.1) is 0 Å². The maximum Gasteiger partial charge on any atom is 0.257 e. The molecule has 0 heterocycles. The number of amides is 1. The normalized spacial score (nSPS) is 16.4. The molecule has 2 nitrogen and oxygen atoms in total. The van der Waals surface area contributed by atoms with Crippen molar-refractivity contribution in [2.75, 3.05) is 7.05 Å². The molecule has 0 aromatic carbocycles. The number of alkyl halides is 1. The average molecular weight is 133 g/mol. The Morgan fingerprint density at radius 1 is 1.78 bits per heavy atom. The van der Waals surface area contributed by atoms with Gasteiger partial charge in [0.05, 0.1) is 0 Å². The molecule has 3 heteroatoms. The third-order valence-corrected chi connectivity index (χ3v) is 1.36. The number of halogens is 1. The zero-order valence-corrected chi connectivity index (χ0v) is 5.99. The van der Waals surface area contributed by atoms with Crippen molar-refractivity contribution in [3.05, 3.63) is 0 Å². The van der Waals surface area contributed by atoms with Gasteiger partial charge in [-0.1, -0.05) is 6.92 Å². The molecule has 0 saturated heterocycles. The van der Waals surface area contributed by atoms with Crippen LogP contribution in [0.1, 0.15) is 20.3 Å². The zero-order chi connectivity index (χ0) is 7.49. The quantitative estimate of drug-likeness (QED) is 0.595. The van der Waals surface area contributed by atoms with E-state index in [1.807, 2.05) is 0 Å². The maximum absolute atomic E-state index is 12.8. The number of carbonyl (C=O) groups excluding carboxylic acids is 1. The molecule has 54 valence electrons. The first-order chi connectivity index (χ1) is 4.04. The lowest BCUT2D eigenvalue weighted by atomic mass is 10.1. The van der Waals surface area contributed by atoms with Gasteiger partial charge >= 0.3 is 0 Å². The molecular weight excluding hydrogens is 121 g/mol. The molecule has 0 saturated carbocycles. The van der Waals surface area contributed by atoms with Gasteiger partial charge in [0, 0.05) is 7.05 Å². The van der Waals surface area contributed by atoms with E-state index in [1.165, 1.54) is 14.0 Å². The molecule has 1 atom stereocenters. The van der Waals surface area contributed by atoms with Gasteiger partial charge in [0.25, 0.3) is 5.91 Å². The molecule has 0 spiro atoms. The minimum atomic E-state index is -1.70. The number of rotatable bonds is 2. The second-order valence-corrected chi connectivity index (χ2v) is 2.13. The van der Waals surface area contributed by atoms with Gasteiger partial charge < -0.3 is 5.32 Å². The summed E-state index contributed by atoms with van der Waals surface area (Å²) >= 11 is 0. The van der Waals surface area contributed by atoms with Crippen molar-refractivity contribution in [1.29, 1.82) is 0 Å². The van der Waals surface area contributed by atoms with Crippen molar-refractivity contribution in [1.82, 2.24) is 5.32 Å². The summed E-state index contributed by atoms with van der Waals surface area (Å²) in [5, 5.41) is 2.24. The van der Waals surface area contributed by atoms with Crippen molar-refractivity contribution in [3.63, 3.8) is 0 Å². The van der Waals surface area contributed by atoms with E-state index in [9.17, 15) is 9.18 Å². The highest BCUT2D eigenvalue weighted by molar-refractivity contribution is 5.84. The Kier molecular flexibility index (Phi) is 2.62. The second kappa shape index (κ2) is 2.80. The van der Waals surface area contributed by atoms with E-state index >= 15 is 0 Å². The summed E-state index contributed by atoms with van der Waals surface area (Å²) in [6.45, 7) is 2.90. The molecule has 0 aliphatic carbocycles. The Hall–Kier alpha value is -0.600. The van der Waals surface area contributed by atoms with Gasteiger partial charge in [-0.05, 0) is 13.3 Å². The Labute approximate surface area is 54.4 Å². The van der Waals surface area contributed by atoms with Crippen LogP contribution in [-0.2, 0) is 4.79 Å². The van der Waals surface area contributed by atoms with Gasteiger partial charge in [-0.3, -0.25) is 4.79 Å². The smallest absolute Gasteiger partial charge is 0.257 e. The van der Waals surface area contributed by atoms with Crippen LogP contribution in [0.15, 0.2) is 0 Å². The summed E-state index contributed by atoms with van der Waals surface area (Å²) in [5.74, 6) is -0.551. The highest BCUT2D eigenvalue weighted by Gasteiger charge is 2.28. The van der Waals surface area contributed by atoms with E-state index in [4.69, 9.17) is 0 Å². The van der Waals surface area contributed by atoms with Crippen molar-refractivity contribution in [2.24, 2.45) is 0 Å². The van der Waals surface area contributed by atoms with Crippen molar-refractivity contribution in [3.8, 4) is 0 Å². The largest absolute Gasteiger partial charge is 0.356 e. The molecular formula is C6H12FNO. The second-order valence-electron chi connectivity index (χ2n) is 2.13. The molecule has 1 amide bonds. The van der Waals surface area contributed by atoms with Crippen LogP contribution in [0.4, 0.5) is 4.39 Å². The van der Waals surface area contributed by atoms with Crippen molar-refractivity contribution >= 4 is 5.91 Å². The minimum Gasteiger partial charge on any atom is -0.356 e. The zero-order valence-electron chi connectivity index (χ0n) is 5.99. The lowest BCUT2D eigenvalue weighted by Crippen LogP contribution is -2.38. The van der Waals surface area contributed by atoms with Crippen LogP contribution in [0.25, 0.3) is 0 Å². The first-order valence-electron chi connectivity index (χ1n) is 2.95. The summed E-state index contributed by atoms with van der Waals surface area (Å²) < 4.78 is 12.8. The molecule has 0 rings (SSSR count). The molecule has 0 aliphatic heterocycles. The Morgan fingerprint density at radius 3 is 2.33 bits per heavy atom. The fourth-order valence-corrected chi connectivity index (χ4v) is 0.421. The van der Waals surface area contributed by atoms with Gasteiger partial charge in [-0.15, -0.1) is 0 Å². The summed E-state index contributed by atoms with van der Waals surface area (Å²) in [7, 11) is 1.43. The number of hydrogen-bond donors (Lipinski definition) is 1. The summed E-state index contributed by atoms with van der Waals surface area (Å²) in [4.78, 5) is 10.6. The van der Waals surface area contributed by atoms with Gasteiger partial charge in [-0.2, -0.15) is 0 Å². The van der Waals surface area contributed by atoms with Crippen LogP contribution in [0.2, 0.25) is 0 Å². The van der Waals surface area contributed by atoms with Crippen LogP contribution >= 0.6 is 0 Å². The molecule has 0 fully saturated rings. The first kappa shape index (κ1) is 8.40. The van der Waals surface area contributed by atoms with Crippen LogP contribution in [-0.4, -0.2) is 18.6 Å². The van der Waals surface area contributed by atoms with Crippen molar-refractivity contribution in [2.45, 2.75) is 25.9 Å². The van der Waals surface area contributed by atoms with Gasteiger partial charge in [0.15, 0.2) is 5.67 Å². The first-order valence-corrected chi connectivity index (χ1v) is 2.95.